The maximum absolute atomic E-state index is 13.6. The SMILES string of the molecule is O[C@H]1[C@H](c2ccc(Cl)c(Cc3ccc(OC(F)(F)F)cc3)c2)O[C@H](O)C(F)[C@@H]1O. The Hall–Kier alpha value is -1.91. The molecule has 0 bridgehead atoms. The van der Waals surface area contributed by atoms with Crippen molar-refractivity contribution in [2.75, 3.05) is 0 Å². The minimum absolute atomic E-state index is 0.235. The van der Waals surface area contributed by atoms with E-state index in [1.165, 1.54) is 36.4 Å². The van der Waals surface area contributed by atoms with Crippen molar-refractivity contribution in [2.45, 2.75) is 43.6 Å². The van der Waals surface area contributed by atoms with Crippen LogP contribution in [0.4, 0.5) is 17.6 Å². The number of aliphatic hydroxyl groups is 3. The lowest BCUT2D eigenvalue weighted by Crippen LogP contribution is -2.52. The van der Waals surface area contributed by atoms with E-state index in [0.29, 0.717) is 21.7 Å². The average molecular weight is 437 g/mol. The third-order valence-electron chi connectivity index (χ3n) is 4.49. The van der Waals surface area contributed by atoms with E-state index in [1.54, 1.807) is 6.07 Å². The molecular weight excluding hydrogens is 420 g/mol. The van der Waals surface area contributed by atoms with Crippen molar-refractivity contribution in [3.63, 3.8) is 0 Å². The van der Waals surface area contributed by atoms with Crippen LogP contribution in [0.25, 0.3) is 0 Å². The van der Waals surface area contributed by atoms with Crippen LogP contribution < -0.4 is 4.74 Å². The normalized spacial score (nSPS) is 27.7. The van der Waals surface area contributed by atoms with Crippen LogP contribution in [0.1, 0.15) is 22.8 Å². The Morgan fingerprint density at radius 2 is 1.66 bits per heavy atom. The molecule has 0 saturated carbocycles. The molecule has 2 aromatic carbocycles. The monoisotopic (exact) mass is 436 g/mol. The summed E-state index contributed by atoms with van der Waals surface area (Å²) < 4.78 is 59.2. The van der Waals surface area contributed by atoms with Crippen LogP contribution in [-0.2, 0) is 11.2 Å². The second-order valence-electron chi connectivity index (χ2n) is 6.59. The van der Waals surface area contributed by atoms with Gasteiger partial charge in [0.2, 0.25) is 0 Å². The highest BCUT2D eigenvalue weighted by Crippen LogP contribution is 2.35. The molecule has 1 unspecified atom stereocenters. The first-order chi connectivity index (χ1) is 13.5. The van der Waals surface area contributed by atoms with Gasteiger partial charge in [0.15, 0.2) is 12.5 Å². The molecule has 29 heavy (non-hydrogen) atoms. The largest absolute Gasteiger partial charge is 0.573 e. The number of hydrogen-bond donors (Lipinski definition) is 3. The predicted octanol–water partition coefficient (Wildman–Crippen LogP) is 3.28. The standard InChI is InChI=1S/C19H17ClF4O5/c20-13-6-3-10(17-16(26)15(25)14(21)18(27)28-17)8-11(13)7-9-1-4-12(5-2-9)29-19(22,23)24/h1-6,8,14-18,25-27H,7H2/t14?,15-,16+,17-,18-/m0/s1. The van der Waals surface area contributed by atoms with Crippen LogP contribution in [-0.4, -0.2) is 46.4 Å². The van der Waals surface area contributed by atoms with Gasteiger partial charge in [-0.05, 0) is 41.3 Å². The summed E-state index contributed by atoms with van der Waals surface area (Å²) in [5.74, 6) is -0.358. The van der Waals surface area contributed by atoms with Gasteiger partial charge in [0, 0.05) is 5.02 Å². The molecule has 1 fully saturated rings. The first-order valence-corrected chi connectivity index (χ1v) is 8.89. The van der Waals surface area contributed by atoms with Gasteiger partial charge < -0.3 is 24.8 Å². The summed E-state index contributed by atoms with van der Waals surface area (Å²) in [6, 6.07) is 9.77. The summed E-state index contributed by atoms with van der Waals surface area (Å²) in [4.78, 5) is 0. The van der Waals surface area contributed by atoms with Gasteiger partial charge in [-0.3, -0.25) is 0 Å². The second-order valence-corrected chi connectivity index (χ2v) is 7.00. The van der Waals surface area contributed by atoms with Gasteiger partial charge in [0.05, 0.1) is 0 Å². The highest BCUT2D eigenvalue weighted by molar-refractivity contribution is 6.31. The Morgan fingerprint density at radius 1 is 1.00 bits per heavy atom. The first kappa shape index (κ1) is 21.8. The number of aliphatic hydroxyl groups excluding tert-OH is 3. The zero-order valence-corrected chi connectivity index (χ0v) is 15.4. The third kappa shape index (κ3) is 5.18. The minimum atomic E-state index is -4.78. The fourth-order valence-corrected chi connectivity index (χ4v) is 3.24. The Balaban J connectivity index is 1.79. The number of alkyl halides is 4. The van der Waals surface area contributed by atoms with Crippen LogP contribution in [0.15, 0.2) is 42.5 Å². The smallest absolute Gasteiger partial charge is 0.406 e. The van der Waals surface area contributed by atoms with Crippen molar-refractivity contribution in [1.82, 2.24) is 0 Å². The number of halogens is 5. The van der Waals surface area contributed by atoms with Crippen molar-refractivity contribution in [2.24, 2.45) is 0 Å². The van der Waals surface area contributed by atoms with Crippen LogP contribution in [0.5, 0.6) is 5.75 Å². The maximum atomic E-state index is 13.6. The molecule has 1 aliphatic rings. The molecule has 2 aromatic rings. The van der Waals surface area contributed by atoms with E-state index in [-0.39, 0.29) is 12.2 Å². The first-order valence-electron chi connectivity index (χ1n) is 8.52. The molecular formula is C19H17ClF4O5. The second kappa shape index (κ2) is 8.45. The van der Waals surface area contributed by atoms with E-state index in [4.69, 9.17) is 16.3 Å². The highest BCUT2D eigenvalue weighted by atomic mass is 35.5. The molecule has 158 valence electrons. The van der Waals surface area contributed by atoms with Crippen LogP contribution in [0.3, 0.4) is 0 Å². The van der Waals surface area contributed by atoms with Crippen molar-refractivity contribution < 1.29 is 42.4 Å². The Morgan fingerprint density at radius 3 is 2.28 bits per heavy atom. The van der Waals surface area contributed by atoms with E-state index in [1.807, 2.05) is 0 Å². The molecule has 1 heterocycles. The summed E-state index contributed by atoms with van der Waals surface area (Å²) >= 11 is 6.18. The number of ether oxygens (including phenoxy) is 2. The molecule has 1 aliphatic heterocycles. The fraction of sp³-hybridized carbons (Fsp3) is 0.368. The van der Waals surface area contributed by atoms with Gasteiger partial charge in [-0.15, -0.1) is 13.2 Å². The van der Waals surface area contributed by atoms with Crippen LogP contribution in [0, 0.1) is 0 Å². The van der Waals surface area contributed by atoms with E-state index >= 15 is 0 Å². The van der Waals surface area contributed by atoms with Gasteiger partial charge in [-0.1, -0.05) is 35.9 Å². The van der Waals surface area contributed by atoms with Gasteiger partial charge >= 0.3 is 6.36 Å². The van der Waals surface area contributed by atoms with Gasteiger partial charge in [0.1, 0.15) is 24.1 Å². The zero-order chi connectivity index (χ0) is 21.3. The third-order valence-corrected chi connectivity index (χ3v) is 4.86. The number of benzene rings is 2. The van der Waals surface area contributed by atoms with Crippen LogP contribution in [0.2, 0.25) is 5.02 Å². The van der Waals surface area contributed by atoms with Crippen molar-refractivity contribution in [3.8, 4) is 5.75 Å². The van der Waals surface area contributed by atoms with Crippen LogP contribution >= 0.6 is 11.6 Å². The summed E-state index contributed by atoms with van der Waals surface area (Å²) in [6.07, 6.45) is -13.2. The van der Waals surface area contributed by atoms with E-state index in [2.05, 4.69) is 4.74 Å². The van der Waals surface area contributed by atoms with E-state index in [9.17, 15) is 32.9 Å². The van der Waals surface area contributed by atoms with E-state index in [0.717, 1.165) is 0 Å². The Labute approximate surface area is 168 Å². The molecule has 3 rings (SSSR count). The zero-order valence-electron chi connectivity index (χ0n) is 14.7. The lowest BCUT2D eigenvalue weighted by Gasteiger charge is -2.37. The fourth-order valence-electron chi connectivity index (χ4n) is 3.05. The summed E-state index contributed by atoms with van der Waals surface area (Å²) in [6.45, 7) is 0. The van der Waals surface area contributed by atoms with Gasteiger partial charge in [-0.25, -0.2) is 4.39 Å². The van der Waals surface area contributed by atoms with Gasteiger partial charge in [-0.2, -0.15) is 0 Å². The average Bonchev–Trinajstić information content (AvgIpc) is 2.65. The molecule has 5 nitrogen and oxygen atoms in total. The number of rotatable bonds is 4. The summed E-state index contributed by atoms with van der Waals surface area (Å²) in [7, 11) is 0. The molecule has 1 saturated heterocycles. The summed E-state index contributed by atoms with van der Waals surface area (Å²) in [5, 5.41) is 29.7. The maximum Gasteiger partial charge on any atom is 0.573 e. The lowest BCUT2D eigenvalue weighted by atomic mass is 9.92. The Kier molecular flexibility index (Phi) is 6.35. The highest BCUT2D eigenvalue weighted by Gasteiger charge is 2.44. The topological polar surface area (TPSA) is 79.2 Å². The molecule has 0 spiro atoms. The molecule has 10 heteroatoms. The molecule has 5 atom stereocenters. The lowest BCUT2D eigenvalue weighted by molar-refractivity contribution is -0.274. The molecule has 0 aliphatic carbocycles. The predicted molar refractivity (Wildman–Crippen MR) is 94.1 cm³/mol. The molecule has 3 N–H and O–H groups in total. The van der Waals surface area contributed by atoms with Crippen molar-refractivity contribution in [1.29, 1.82) is 0 Å². The molecule has 0 aromatic heterocycles. The summed E-state index contributed by atoms with van der Waals surface area (Å²) in [5.41, 5.74) is 1.53. The minimum Gasteiger partial charge on any atom is -0.406 e. The van der Waals surface area contributed by atoms with E-state index < -0.39 is 37.1 Å². The molecule has 0 amide bonds. The van der Waals surface area contributed by atoms with Crippen molar-refractivity contribution >= 4 is 11.6 Å². The van der Waals surface area contributed by atoms with Gasteiger partial charge in [0.25, 0.3) is 0 Å². The molecule has 0 radical (unpaired) electrons. The quantitative estimate of drug-likeness (QED) is 0.641. The number of hydrogen-bond acceptors (Lipinski definition) is 5. The Bertz CT molecular complexity index is 845. The van der Waals surface area contributed by atoms with Crippen molar-refractivity contribution in [3.05, 3.63) is 64.2 Å².